The fourth-order valence-electron chi connectivity index (χ4n) is 2.38. The maximum Gasteiger partial charge on any atom is 0.253 e. The topological polar surface area (TPSA) is 57.7 Å². The van der Waals surface area contributed by atoms with Crippen LogP contribution in [0.3, 0.4) is 0 Å². The molecule has 1 aromatic rings. The largest absolute Gasteiger partial charge is 0.339 e. The lowest BCUT2D eigenvalue weighted by Gasteiger charge is -2.34. The van der Waals surface area contributed by atoms with Crippen LogP contribution in [0.1, 0.15) is 30.1 Å². The second-order valence-electron chi connectivity index (χ2n) is 5.38. The van der Waals surface area contributed by atoms with Crippen LogP contribution < -0.4 is 0 Å². The quantitative estimate of drug-likeness (QED) is 0.846. The highest BCUT2D eigenvalue weighted by Gasteiger charge is 2.24. The van der Waals surface area contributed by atoms with Crippen LogP contribution in [0.2, 0.25) is 0 Å². The fourth-order valence-corrected chi connectivity index (χ4v) is 2.38. The Hall–Kier alpha value is -2.24. The van der Waals surface area contributed by atoms with Crippen molar-refractivity contribution in [1.29, 1.82) is 0 Å². The molecule has 1 aromatic carbocycles. The first-order valence-corrected chi connectivity index (χ1v) is 7.29. The van der Waals surface area contributed by atoms with Crippen molar-refractivity contribution in [3.05, 3.63) is 35.6 Å². The van der Waals surface area contributed by atoms with E-state index >= 15 is 0 Å². The standard InChI is InChI=1S/C16H19FN2O3/c1-12(20)2-7-15(21)18-8-10-19(11-9-18)16(22)13-3-5-14(17)6-4-13/h3-6H,2,7-11H2,1H3. The summed E-state index contributed by atoms with van der Waals surface area (Å²) >= 11 is 0. The molecule has 6 heteroatoms. The number of amides is 2. The Balaban J connectivity index is 1.86. The molecule has 2 amide bonds. The van der Waals surface area contributed by atoms with Gasteiger partial charge in [0.15, 0.2) is 0 Å². The minimum absolute atomic E-state index is 0.00141. The zero-order chi connectivity index (χ0) is 16.1. The predicted octanol–water partition coefficient (Wildman–Crippen LogP) is 1.48. The lowest BCUT2D eigenvalue weighted by Crippen LogP contribution is -2.50. The number of hydrogen-bond donors (Lipinski definition) is 0. The summed E-state index contributed by atoms with van der Waals surface area (Å²) in [6.45, 7) is 3.28. The molecule has 1 fully saturated rings. The third kappa shape index (κ3) is 4.13. The Morgan fingerprint density at radius 3 is 2.05 bits per heavy atom. The van der Waals surface area contributed by atoms with Crippen LogP contribution in [0.5, 0.6) is 0 Å². The van der Waals surface area contributed by atoms with Gasteiger partial charge in [0, 0.05) is 44.6 Å². The molecule has 1 aliphatic heterocycles. The molecule has 0 radical (unpaired) electrons. The molecule has 0 atom stereocenters. The summed E-state index contributed by atoms with van der Waals surface area (Å²) in [5.41, 5.74) is 0.442. The van der Waals surface area contributed by atoms with E-state index in [2.05, 4.69) is 0 Å². The van der Waals surface area contributed by atoms with Gasteiger partial charge in [-0.15, -0.1) is 0 Å². The molecule has 118 valence electrons. The average molecular weight is 306 g/mol. The highest BCUT2D eigenvalue weighted by atomic mass is 19.1. The van der Waals surface area contributed by atoms with Crippen molar-refractivity contribution in [2.45, 2.75) is 19.8 Å². The van der Waals surface area contributed by atoms with Crippen molar-refractivity contribution in [2.24, 2.45) is 0 Å². The third-order valence-corrected chi connectivity index (χ3v) is 3.70. The molecule has 0 spiro atoms. The van der Waals surface area contributed by atoms with Crippen LogP contribution in [0.15, 0.2) is 24.3 Å². The molecule has 5 nitrogen and oxygen atoms in total. The number of halogens is 1. The Labute approximate surface area is 128 Å². The Morgan fingerprint density at radius 1 is 0.955 bits per heavy atom. The van der Waals surface area contributed by atoms with E-state index in [4.69, 9.17) is 0 Å². The van der Waals surface area contributed by atoms with Crippen LogP contribution in [0.25, 0.3) is 0 Å². The van der Waals surface area contributed by atoms with Gasteiger partial charge in [0.05, 0.1) is 0 Å². The fraction of sp³-hybridized carbons (Fsp3) is 0.438. The number of nitrogens with zero attached hydrogens (tertiary/aromatic N) is 2. The van der Waals surface area contributed by atoms with Crippen LogP contribution in [0, 0.1) is 5.82 Å². The van der Waals surface area contributed by atoms with Gasteiger partial charge >= 0.3 is 0 Å². The Morgan fingerprint density at radius 2 is 1.50 bits per heavy atom. The van der Waals surface area contributed by atoms with Gasteiger partial charge in [0.1, 0.15) is 11.6 Å². The maximum atomic E-state index is 12.9. The van der Waals surface area contributed by atoms with Gasteiger partial charge in [-0.3, -0.25) is 9.59 Å². The van der Waals surface area contributed by atoms with Crippen molar-refractivity contribution in [2.75, 3.05) is 26.2 Å². The van der Waals surface area contributed by atoms with Crippen molar-refractivity contribution in [3.8, 4) is 0 Å². The molecular formula is C16H19FN2O3. The van der Waals surface area contributed by atoms with Crippen molar-refractivity contribution >= 4 is 17.6 Å². The smallest absolute Gasteiger partial charge is 0.253 e. The molecule has 0 aromatic heterocycles. The molecule has 0 unspecified atom stereocenters. The molecule has 0 saturated carbocycles. The number of hydrogen-bond acceptors (Lipinski definition) is 3. The van der Waals surface area contributed by atoms with Gasteiger partial charge in [-0.2, -0.15) is 0 Å². The first-order valence-electron chi connectivity index (χ1n) is 7.29. The monoisotopic (exact) mass is 306 g/mol. The second-order valence-corrected chi connectivity index (χ2v) is 5.38. The minimum atomic E-state index is -0.377. The lowest BCUT2D eigenvalue weighted by atomic mass is 10.1. The molecular weight excluding hydrogens is 287 g/mol. The van der Waals surface area contributed by atoms with Crippen LogP contribution in [0.4, 0.5) is 4.39 Å². The van der Waals surface area contributed by atoms with E-state index in [-0.39, 0.29) is 36.3 Å². The predicted molar refractivity (Wildman–Crippen MR) is 78.8 cm³/mol. The number of rotatable bonds is 4. The summed E-state index contributed by atoms with van der Waals surface area (Å²) in [7, 11) is 0. The minimum Gasteiger partial charge on any atom is -0.339 e. The Bertz CT molecular complexity index is 563. The number of Topliss-reactive ketones (excluding diaryl/α,β-unsaturated/α-hetero) is 1. The second kappa shape index (κ2) is 7.15. The van der Waals surface area contributed by atoms with Gasteiger partial charge in [-0.25, -0.2) is 4.39 Å². The van der Waals surface area contributed by atoms with E-state index < -0.39 is 0 Å². The zero-order valence-corrected chi connectivity index (χ0v) is 12.5. The lowest BCUT2D eigenvalue weighted by molar-refractivity contribution is -0.134. The van der Waals surface area contributed by atoms with Gasteiger partial charge in [0.25, 0.3) is 5.91 Å². The molecule has 0 bridgehead atoms. The van der Waals surface area contributed by atoms with E-state index in [1.54, 1.807) is 9.80 Å². The normalized spacial score (nSPS) is 14.8. The van der Waals surface area contributed by atoms with E-state index in [1.165, 1.54) is 31.2 Å². The summed E-state index contributed by atoms with van der Waals surface area (Å²) in [6.07, 6.45) is 0.481. The van der Waals surface area contributed by atoms with Crippen molar-refractivity contribution < 1.29 is 18.8 Å². The maximum absolute atomic E-state index is 12.9. The van der Waals surface area contributed by atoms with Gasteiger partial charge < -0.3 is 14.6 Å². The van der Waals surface area contributed by atoms with Gasteiger partial charge in [0.2, 0.25) is 5.91 Å². The molecule has 1 aliphatic rings. The van der Waals surface area contributed by atoms with Crippen LogP contribution in [-0.4, -0.2) is 53.6 Å². The van der Waals surface area contributed by atoms with Crippen LogP contribution >= 0.6 is 0 Å². The SMILES string of the molecule is CC(=O)CCC(=O)N1CCN(C(=O)c2ccc(F)cc2)CC1. The first-order chi connectivity index (χ1) is 10.5. The number of ketones is 1. The van der Waals surface area contributed by atoms with Gasteiger partial charge in [-0.1, -0.05) is 0 Å². The average Bonchev–Trinajstić information content (AvgIpc) is 2.53. The molecule has 1 saturated heterocycles. The van der Waals surface area contributed by atoms with Crippen LogP contribution in [-0.2, 0) is 9.59 Å². The summed E-state index contributed by atoms with van der Waals surface area (Å²) < 4.78 is 12.9. The molecule has 0 aliphatic carbocycles. The molecule has 22 heavy (non-hydrogen) atoms. The van der Waals surface area contributed by atoms with Gasteiger partial charge in [-0.05, 0) is 31.2 Å². The molecule has 0 N–H and O–H groups in total. The summed E-state index contributed by atoms with van der Waals surface area (Å²) in [5.74, 6) is -0.587. The number of benzene rings is 1. The number of carbonyl (C=O) groups is 3. The zero-order valence-electron chi connectivity index (χ0n) is 12.5. The highest BCUT2D eigenvalue weighted by Crippen LogP contribution is 2.11. The summed E-state index contributed by atoms with van der Waals surface area (Å²) in [5, 5.41) is 0. The van der Waals surface area contributed by atoms with E-state index in [0.29, 0.717) is 31.7 Å². The summed E-state index contributed by atoms with van der Waals surface area (Å²) in [4.78, 5) is 38.4. The Kier molecular flexibility index (Phi) is 5.25. The number of carbonyl (C=O) groups excluding carboxylic acids is 3. The summed E-state index contributed by atoms with van der Waals surface area (Å²) in [6, 6.07) is 5.44. The number of piperazine rings is 1. The van der Waals surface area contributed by atoms with E-state index in [0.717, 1.165) is 0 Å². The molecule has 2 rings (SSSR count). The highest BCUT2D eigenvalue weighted by molar-refractivity contribution is 5.94. The third-order valence-electron chi connectivity index (χ3n) is 3.70. The molecule has 1 heterocycles. The van der Waals surface area contributed by atoms with E-state index in [1.807, 2.05) is 0 Å². The first kappa shape index (κ1) is 16.1. The van der Waals surface area contributed by atoms with Crippen molar-refractivity contribution in [3.63, 3.8) is 0 Å². The van der Waals surface area contributed by atoms with E-state index in [9.17, 15) is 18.8 Å². The van der Waals surface area contributed by atoms with Crippen molar-refractivity contribution in [1.82, 2.24) is 9.80 Å².